The fourth-order valence-electron chi connectivity index (χ4n) is 3.80. The van der Waals surface area contributed by atoms with E-state index in [-0.39, 0.29) is 16.1 Å². The van der Waals surface area contributed by atoms with Gasteiger partial charge >= 0.3 is 0 Å². The van der Waals surface area contributed by atoms with Gasteiger partial charge < -0.3 is 9.30 Å². The maximum Gasteiger partial charge on any atom is 0.279 e. The van der Waals surface area contributed by atoms with Gasteiger partial charge in [-0.1, -0.05) is 47.7 Å². The third kappa shape index (κ3) is 4.43. The number of aromatic nitrogens is 1. The SMILES string of the molecule is COc1ccc(S(=O)(=O)Nc2cccc(C(=O)N=c3sc4c5ccccc5ccc4n3C)c2)cc1. The number of nitrogens with zero attached hydrogens (tertiary/aromatic N) is 2. The molecule has 5 aromatic rings. The summed E-state index contributed by atoms with van der Waals surface area (Å²) in [6.45, 7) is 0. The lowest BCUT2D eigenvalue weighted by atomic mass is 10.1. The minimum absolute atomic E-state index is 0.0873. The summed E-state index contributed by atoms with van der Waals surface area (Å²) in [5, 5.41) is 2.23. The van der Waals surface area contributed by atoms with Crippen LogP contribution in [-0.4, -0.2) is 26.0 Å². The average Bonchev–Trinajstić information content (AvgIpc) is 3.19. The molecular weight excluding hydrogens is 482 g/mol. The quantitative estimate of drug-likeness (QED) is 0.368. The van der Waals surface area contributed by atoms with E-state index >= 15 is 0 Å². The first-order chi connectivity index (χ1) is 16.9. The summed E-state index contributed by atoms with van der Waals surface area (Å²) in [6.07, 6.45) is 0. The lowest BCUT2D eigenvalue weighted by molar-refractivity contribution is 0.0998. The number of nitrogens with one attached hydrogen (secondary N) is 1. The molecule has 0 bridgehead atoms. The van der Waals surface area contributed by atoms with Crippen LogP contribution in [0.3, 0.4) is 0 Å². The number of aryl methyl sites for hydroxylation is 1. The number of carbonyl (C=O) groups excluding carboxylic acids is 1. The first-order valence-corrected chi connectivity index (χ1v) is 13.0. The number of methoxy groups -OCH3 is 1. The molecule has 5 rings (SSSR count). The van der Waals surface area contributed by atoms with Crippen LogP contribution in [-0.2, 0) is 17.1 Å². The standard InChI is InChI=1S/C26H21N3O4S2/c1-29-23-15-10-17-6-3-4-9-22(17)24(23)34-26(29)27-25(30)18-7-5-8-19(16-18)28-35(31,32)21-13-11-20(33-2)12-14-21/h3-16,28H,1-2H3. The molecule has 9 heteroatoms. The Labute approximate surface area is 206 Å². The number of thiazole rings is 1. The Morgan fingerprint density at radius 2 is 1.74 bits per heavy atom. The van der Waals surface area contributed by atoms with Crippen molar-refractivity contribution in [3.63, 3.8) is 0 Å². The van der Waals surface area contributed by atoms with Crippen LogP contribution in [0.1, 0.15) is 10.4 Å². The molecule has 0 aliphatic carbocycles. The van der Waals surface area contributed by atoms with Crippen molar-refractivity contribution < 1.29 is 17.9 Å². The van der Waals surface area contributed by atoms with E-state index in [1.54, 1.807) is 30.3 Å². The summed E-state index contributed by atoms with van der Waals surface area (Å²) in [7, 11) is -0.450. The van der Waals surface area contributed by atoms with Crippen molar-refractivity contribution in [2.45, 2.75) is 4.90 Å². The fraction of sp³-hybridized carbons (Fsp3) is 0.0769. The van der Waals surface area contributed by atoms with Gasteiger partial charge in [-0.05, 0) is 53.9 Å². The van der Waals surface area contributed by atoms with Gasteiger partial charge in [0, 0.05) is 23.7 Å². The van der Waals surface area contributed by atoms with Crippen molar-refractivity contribution in [3.05, 3.63) is 95.3 Å². The molecule has 0 saturated heterocycles. The molecule has 0 aliphatic heterocycles. The Morgan fingerprint density at radius 3 is 2.51 bits per heavy atom. The molecule has 176 valence electrons. The molecule has 7 nitrogen and oxygen atoms in total. The van der Waals surface area contributed by atoms with E-state index < -0.39 is 15.9 Å². The molecule has 4 aromatic carbocycles. The highest BCUT2D eigenvalue weighted by Crippen LogP contribution is 2.27. The summed E-state index contributed by atoms with van der Waals surface area (Å²) < 4.78 is 36.1. The van der Waals surface area contributed by atoms with Crippen LogP contribution in [0.15, 0.2) is 94.8 Å². The fourth-order valence-corrected chi connectivity index (χ4v) is 6.00. The maximum absolute atomic E-state index is 13.0. The third-order valence-corrected chi connectivity index (χ3v) is 8.21. The van der Waals surface area contributed by atoms with E-state index in [0.717, 1.165) is 21.0 Å². The first kappa shape index (κ1) is 22.8. The zero-order valence-electron chi connectivity index (χ0n) is 18.9. The monoisotopic (exact) mass is 503 g/mol. The topological polar surface area (TPSA) is 89.8 Å². The van der Waals surface area contributed by atoms with Crippen molar-refractivity contribution >= 4 is 53.9 Å². The van der Waals surface area contributed by atoms with Gasteiger partial charge in [0.15, 0.2) is 4.80 Å². The molecule has 0 atom stereocenters. The van der Waals surface area contributed by atoms with Crippen molar-refractivity contribution in [1.29, 1.82) is 0 Å². The Bertz CT molecular complexity index is 1750. The maximum atomic E-state index is 13.0. The van der Waals surface area contributed by atoms with Gasteiger partial charge in [-0.25, -0.2) is 8.42 Å². The molecular formula is C26H21N3O4S2. The van der Waals surface area contributed by atoms with Crippen molar-refractivity contribution in [1.82, 2.24) is 4.57 Å². The summed E-state index contributed by atoms with van der Waals surface area (Å²) in [6, 6.07) is 24.5. The van der Waals surface area contributed by atoms with Gasteiger partial charge in [0.1, 0.15) is 5.75 Å². The van der Waals surface area contributed by atoms with Crippen LogP contribution in [0.4, 0.5) is 5.69 Å². The minimum Gasteiger partial charge on any atom is -0.497 e. The zero-order valence-corrected chi connectivity index (χ0v) is 20.6. The largest absolute Gasteiger partial charge is 0.497 e. The number of ether oxygens (including phenoxy) is 1. The average molecular weight is 504 g/mol. The highest BCUT2D eigenvalue weighted by atomic mass is 32.2. The van der Waals surface area contributed by atoms with E-state index in [4.69, 9.17) is 4.74 Å². The number of hydrogen-bond donors (Lipinski definition) is 1. The number of rotatable bonds is 5. The Hall–Kier alpha value is -3.95. The first-order valence-electron chi connectivity index (χ1n) is 10.7. The van der Waals surface area contributed by atoms with Gasteiger partial charge in [-0.2, -0.15) is 4.99 Å². The number of benzene rings is 4. The van der Waals surface area contributed by atoms with Crippen LogP contribution >= 0.6 is 11.3 Å². The van der Waals surface area contributed by atoms with E-state index in [2.05, 4.69) is 21.8 Å². The van der Waals surface area contributed by atoms with Gasteiger partial charge in [-0.3, -0.25) is 9.52 Å². The molecule has 1 N–H and O–H groups in total. The normalized spacial score (nSPS) is 12.2. The van der Waals surface area contributed by atoms with Crippen LogP contribution in [0.25, 0.3) is 21.0 Å². The molecule has 0 fully saturated rings. The van der Waals surface area contributed by atoms with E-state index in [1.165, 1.54) is 36.6 Å². The van der Waals surface area contributed by atoms with Crippen molar-refractivity contribution in [2.24, 2.45) is 12.0 Å². The van der Waals surface area contributed by atoms with E-state index in [9.17, 15) is 13.2 Å². The Kier molecular flexibility index (Phi) is 5.88. The second-order valence-corrected chi connectivity index (χ2v) is 10.5. The molecule has 0 radical (unpaired) electrons. The second-order valence-electron chi connectivity index (χ2n) is 7.86. The molecule has 0 aliphatic rings. The third-order valence-electron chi connectivity index (χ3n) is 5.63. The van der Waals surface area contributed by atoms with Gasteiger partial charge in [-0.15, -0.1) is 0 Å². The Morgan fingerprint density at radius 1 is 0.971 bits per heavy atom. The lowest BCUT2D eigenvalue weighted by Crippen LogP contribution is -2.14. The molecule has 35 heavy (non-hydrogen) atoms. The predicted molar refractivity (Wildman–Crippen MR) is 138 cm³/mol. The number of carbonyl (C=O) groups is 1. The summed E-state index contributed by atoms with van der Waals surface area (Å²) in [5.74, 6) is 0.0995. The van der Waals surface area contributed by atoms with Crippen LogP contribution in [0, 0.1) is 0 Å². The van der Waals surface area contributed by atoms with Gasteiger partial charge in [0.05, 0.1) is 22.2 Å². The number of amides is 1. The molecule has 0 spiro atoms. The van der Waals surface area contributed by atoms with Crippen LogP contribution in [0.5, 0.6) is 5.75 Å². The van der Waals surface area contributed by atoms with Gasteiger partial charge in [0.2, 0.25) is 0 Å². The minimum atomic E-state index is -3.83. The number of anilines is 1. The summed E-state index contributed by atoms with van der Waals surface area (Å²) in [4.78, 5) is 18.0. The lowest BCUT2D eigenvalue weighted by Gasteiger charge is -2.09. The van der Waals surface area contributed by atoms with Crippen molar-refractivity contribution in [3.8, 4) is 5.75 Å². The molecule has 0 unspecified atom stereocenters. The number of fused-ring (bicyclic) bond motifs is 3. The predicted octanol–water partition coefficient (Wildman–Crippen LogP) is 4.94. The smallest absolute Gasteiger partial charge is 0.279 e. The molecule has 1 aromatic heterocycles. The summed E-state index contributed by atoms with van der Waals surface area (Å²) >= 11 is 1.44. The van der Waals surface area contributed by atoms with Crippen LogP contribution in [0.2, 0.25) is 0 Å². The van der Waals surface area contributed by atoms with Gasteiger partial charge in [0.25, 0.3) is 15.9 Å². The van der Waals surface area contributed by atoms with Crippen molar-refractivity contribution in [2.75, 3.05) is 11.8 Å². The number of sulfonamides is 1. The molecule has 1 heterocycles. The Balaban J connectivity index is 1.46. The van der Waals surface area contributed by atoms with Crippen LogP contribution < -0.4 is 14.3 Å². The molecule has 0 saturated carbocycles. The number of hydrogen-bond acceptors (Lipinski definition) is 5. The highest BCUT2D eigenvalue weighted by Gasteiger charge is 2.16. The second kappa shape index (κ2) is 9.01. The zero-order chi connectivity index (χ0) is 24.6. The highest BCUT2D eigenvalue weighted by molar-refractivity contribution is 7.92. The van der Waals surface area contributed by atoms with E-state index in [1.807, 2.05) is 35.9 Å². The summed E-state index contributed by atoms with van der Waals surface area (Å²) in [5.41, 5.74) is 1.54. The van der Waals surface area contributed by atoms with E-state index in [0.29, 0.717) is 10.6 Å². The molecule has 1 amide bonds.